The van der Waals surface area contributed by atoms with Crippen LogP contribution in [0.1, 0.15) is 32.8 Å². The first kappa shape index (κ1) is 23.3. The van der Waals surface area contributed by atoms with Gasteiger partial charge in [0.25, 0.3) is 0 Å². The Morgan fingerprint density at radius 2 is 1.88 bits per heavy atom. The van der Waals surface area contributed by atoms with Crippen molar-refractivity contribution in [2.24, 2.45) is 0 Å². The summed E-state index contributed by atoms with van der Waals surface area (Å²) in [7, 11) is 1.60. The number of nitrogens with zero attached hydrogens (tertiary/aromatic N) is 3. The van der Waals surface area contributed by atoms with Crippen LogP contribution in [0, 0.1) is 0 Å². The number of aliphatic hydroxyl groups excluding tert-OH is 1. The summed E-state index contributed by atoms with van der Waals surface area (Å²) in [5, 5.41) is 18.9. The highest BCUT2D eigenvalue weighted by molar-refractivity contribution is 5.86. The fourth-order valence-electron chi connectivity index (χ4n) is 2.97. The molecule has 0 amide bonds. The molecule has 0 unspecified atom stereocenters. The van der Waals surface area contributed by atoms with Gasteiger partial charge in [0, 0.05) is 23.5 Å². The zero-order chi connectivity index (χ0) is 23.3. The maximum atomic E-state index is 11.5. The molecule has 0 radical (unpaired) electrons. The van der Waals surface area contributed by atoms with E-state index < -0.39 is 11.4 Å². The average Bonchev–Trinajstić information content (AvgIpc) is 3.21. The number of ether oxygens (including phenoxy) is 3. The monoisotopic (exact) mass is 439 g/mol. The van der Waals surface area contributed by atoms with Gasteiger partial charge in [-0.25, -0.2) is 4.79 Å². The van der Waals surface area contributed by atoms with Crippen LogP contribution >= 0.6 is 0 Å². The van der Waals surface area contributed by atoms with E-state index in [1.165, 1.54) is 4.80 Å². The Hall–Kier alpha value is -3.39. The van der Waals surface area contributed by atoms with Crippen molar-refractivity contribution >= 4 is 17.0 Å². The van der Waals surface area contributed by atoms with Crippen LogP contribution in [0.2, 0.25) is 0 Å². The van der Waals surface area contributed by atoms with E-state index in [1.54, 1.807) is 14.0 Å². The van der Waals surface area contributed by atoms with E-state index in [1.807, 2.05) is 50.2 Å². The molecule has 0 aliphatic heterocycles. The van der Waals surface area contributed by atoms with Crippen LogP contribution in [0.3, 0.4) is 0 Å². The number of aliphatic hydroxyl groups is 1. The Morgan fingerprint density at radius 1 is 1.12 bits per heavy atom. The summed E-state index contributed by atoms with van der Waals surface area (Å²) in [6.45, 7) is 9.63. The van der Waals surface area contributed by atoms with Crippen molar-refractivity contribution in [3.8, 4) is 17.2 Å². The van der Waals surface area contributed by atoms with Gasteiger partial charge in [-0.1, -0.05) is 26.5 Å². The lowest BCUT2D eigenvalue weighted by atomic mass is 9.85. The molecule has 32 heavy (non-hydrogen) atoms. The third-order valence-corrected chi connectivity index (χ3v) is 5.07. The van der Waals surface area contributed by atoms with Gasteiger partial charge in [-0.2, -0.15) is 0 Å². The van der Waals surface area contributed by atoms with Gasteiger partial charge in [-0.3, -0.25) is 0 Å². The lowest BCUT2D eigenvalue weighted by Gasteiger charge is -2.23. The van der Waals surface area contributed by atoms with Gasteiger partial charge in [0.2, 0.25) is 0 Å². The number of aromatic nitrogens is 3. The minimum absolute atomic E-state index is 0.00760. The van der Waals surface area contributed by atoms with Crippen LogP contribution in [0.15, 0.2) is 48.6 Å². The lowest BCUT2D eigenvalue weighted by molar-refractivity contribution is -0.139. The van der Waals surface area contributed by atoms with Crippen molar-refractivity contribution in [1.29, 1.82) is 0 Å². The molecule has 2 aromatic carbocycles. The minimum Gasteiger partial charge on any atom is -0.497 e. The van der Waals surface area contributed by atoms with E-state index in [9.17, 15) is 9.90 Å². The van der Waals surface area contributed by atoms with E-state index in [0.717, 1.165) is 11.1 Å². The third kappa shape index (κ3) is 5.26. The maximum absolute atomic E-state index is 11.5. The first-order valence-corrected chi connectivity index (χ1v) is 10.4. The molecule has 8 heteroatoms. The smallest absolute Gasteiger partial charge is 0.333 e. The van der Waals surface area contributed by atoms with Crippen molar-refractivity contribution in [3.05, 3.63) is 54.1 Å². The molecule has 0 saturated carbocycles. The Kier molecular flexibility index (Phi) is 7.15. The highest BCUT2D eigenvalue weighted by Gasteiger charge is 2.22. The molecular weight excluding hydrogens is 410 g/mol. The standard InChI is InChI=1S/C24H29N3O5/c1-16(2)23(29)32-12-6-11-31-22-13-17(24(3,4)15-28)7-10-21(22)27-25-19-9-8-18(30-5)14-20(19)26-27/h7-10,13-14,28H,1,6,11-12,15H2,2-5H3. The molecular formula is C24H29N3O5. The van der Waals surface area contributed by atoms with Gasteiger partial charge in [0.1, 0.15) is 28.2 Å². The summed E-state index contributed by atoms with van der Waals surface area (Å²) >= 11 is 0. The fourth-order valence-corrected chi connectivity index (χ4v) is 2.97. The second-order valence-electron chi connectivity index (χ2n) is 8.19. The third-order valence-electron chi connectivity index (χ3n) is 5.07. The molecule has 0 aliphatic carbocycles. The molecule has 0 atom stereocenters. The number of carbonyl (C=O) groups is 1. The molecule has 3 rings (SSSR count). The number of methoxy groups -OCH3 is 1. The molecule has 3 aromatic rings. The van der Waals surface area contributed by atoms with Gasteiger partial charge in [0.05, 0.1) is 26.9 Å². The summed E-state index contributed by atoms with van der Waals surface area (Å²) < 4.78 is 16.4. The minimum atomic E-state index is -0.441. The largest absolute Gasteiger partial charge is 0.497 e. The fraction of sp³-hybridized carbons (Fsp3) is 0.375. The number of esters is 1. The zero-order valence-corrected chi connectivity index (χ0v) is 18.9. The Labute approximate surface area is 187 Å². The van der Waals surface area contributed by atoms with Crippen LogP contribution in [-0.4, -0.2) is 53.0 Å². The quantitative estimate of drug-likeness (QED) is 0.293. The number of hydrogen-bond donors (Lipinski definition) is 1. The topological polar surface area (TPSA) is 95.7 Å². The van der Waals surface area contributed by atoms with Crippen molar-refractivity contribution < 1.29 is 24.1 Å². The second kappa shape index (κ2) is 9.82. The molecule has 1 aromatic heterocycles. The first-order chi connectivity index (χ1) is 15.2. The molecule has 1 N–H and O–H groups in total. The van der Waals surface area contributed by atoms with E-state index in [-0.39, 0.29) is 13.2 Å². The highest BCUT2D eigenvalue weighted by Crippen LogP contribution is 2.31. The summed E-state index contributed by atoms with van der Waals surface area (Å²) in [4.78, 5) is 13.0. The van der Waals surface area contributed by atoms with Crippen molar-refractivity contribution in [3.63, 3.8) is 0 Å². The van der Waals surface area contributed by atoms with Crippen LogP contribution in [0.5, 0.6) is 11.5 Å². The van der Waals surface area contributed by atoms with E-state index in [2.05, 4.69) is 16.8 Å². The predicted octanol–water partition coefficient (Wildman–Crippen LogP) is 3.59. The molecule has 0 spiro atoms. The van der Waals surface area contributed by atoms with Gasteiger partial charge in [-0.05, 0) is 36.8 Å². The van der Waals surface area contributed by atoms with Gasteiger partial charge in [0.15, 0.2) is 0 Å². The van der Waals surface area contributed by atoms with Gasteiger partial charge in [-0.15, -0.1) is 15.0 Å². The zero-order valence-electron chi connectivity index (χ0n) is 18.9. The van der Waals surface area contributed by atoms with Crippen molar-refractivity contribution in [2.75, 3.05) is 26.9 Å². The second-order valence-corrected chi connectivity index (χ2v) is 8.19. The lowest BCUT2D eigenvalue weighted by Crippen LogP contribution is -2.22. The number of rotatable bonds is 10. The summed E-state index contributed by atoms with van der Waals surface area (Å²) in [6, 6.07) is 11.2. The van der Waals surface area contributed by atoms with Gasteiger partial charge < -0.3 is 19.3 Å². The highest BCUT2D eigenvalue weighted by atomic mass is 16.5. The Bertz CT molecular complexity index is 1120. The number of fused-ring (bicyclic) bond motifs is 1. The maximum Gasteiger partial charge on any atom is 0.333 e. The van der Waals surface area contributed by atoms with Crippen LogP contribution in [-0.2, 0) is 14.9 Å². The van der Waals surface area contributed by atoms with E-state index >= 15 is 0 Å². The van der Waals surface area contributed by atoms with E-state index in [4.69, 9.17) is 14.2 Å². The average molecular weight is 440 g/mol. The molecule has 0 saturated heterocycles. The summed E-state index contributed by atoms with van der Waals surface area (Å²) in [5.74, 6) is 0.855. The SMILES string of the molecule is C=C(C)C(=O)OCCCOc1cc(C(C)(C)CO)ccc1-n1nc2ccc(OC)cc2n1. The van der Waals surface area contributed by atoms with Crippen LogP contribution in [0.4, 0.5) is 0 Å². The summed E-state index contributed by atoms with van der Waals surface area (Å²) in [5.41, 5.74) is 2.93. The van der Waals surface area contributed by atoms with Crippen molar-refractivity contribution in [2.45, 2.75) is 32.6 Å². The number of carbonyl (C=O) groups excluding carboxylic acids is 1. The molecule has 0 bridgehead atoms. The molecule has 8 nitrogen and oxygen atoms in total. The molecule has 0 fully saturated rings. The normalized spacial score (nSPS) is 11.4. The Morgan fingerprint density at radius 3 is 2.56 bits per heavy atom. The van der Waals surface area contributed by atoms with Gasteiger partial charge >= 0.3 is 5.97 Å². The first-order valence-electron chi connectivity index (χ1n) is 10.4. The molecule has 170 valence electrons. The number of hydrogen-bond acceptors (Lipinski definition) is 7. The summed E-state index contributed by atoms with van der Waals surface area (Å²) in [6.07, 6.45) is 0.512. The molecule has 0 aliphatic rings. The molecule has 1 heterocycles. The van der Waals surface area contributed by atoms with Crippen molar-refractivity contribution in [1.82, 2.24) is 15.0 Å². The number of benzene rings is 2. The van der Waals surface area contributed by atoms with Crippen LogP contribution in [0.25, 0.3) is 16.7 Å². The van der Waals surface area contributed by atoms with Crippen LogP contribution < -0.4 is 9.47 Å². The Balaban J connectivity index is 1.86. The predicted molar refractivity (Wildman–Crippen MR) is 121 cm³/mol. The van der Waals surface area contributed by atoms with E-state index in [0.29, 0.717) is 41.3 Å².